The SMILES string of the molecule is CCc1cccc(NC(N)=NCC(C)(C)SC)c1. The molecule has 0 unspecified atom stereocenters. The Morgan fingerprint density at radius 2 is 2.17 bits per heavy atom. The van der Waals surface area contributed by atoms with Gasteiger partial charge in [0.25, 0.3) is 0 Å². The number of aryl methyl sites for hydroxylation is 1. The van der Waals surface area contributed by atoms with Gasteiger partial charge in [0.1, 0.15) is 0 Å². The zero-order valence-electron chi connectivity index (χ0n) is 11.7. The predicted molar refractivity (Wildman–Crippen MR) is 83.5 cm³/mol. The Morgan fingerprint density at radius 3 is 2.78 bits per heavy atom. The number of hydrogen-bond donors (Lipinski definition) is 2. The van der Waals surface area contributed by atoms with Gasteiger partial charge in [-0.15, -0.1) is 0 Å². The molecule has 0 saturated heterocycles. The summed E-state index contributed by atoms with van der Waals surface area (Å²) in [5, 5.41) is 3.13. The molecule has 3 N–H and O–H groups in total. The van der Waals surface area contributed by atoms with Crippen LogP contribution in [-0.2, 0) is 6.42 Å². The molecule has 0 atom stereocenters. The molecule has 0 bridgehead atoms. The molecular formula is C14H23N3S. The molecule has 1 aromatic rings. The summed E-state index contributed by atoms with van der Waals surface area (Å²) < 4.78 is 0.123. The number of nitrogens with zero attached hydrogens (tertiary/aromatic N) is 1. The minimum Gasteiger partial charge on any atom is -0.370 e. The van der Waals surface area contributed by atoms with Crippen molar-refractivity contribution in [3.8, 4) is 0 Å². The van der Waals surface area contributed by atoms with E-state index in [1.807, 2.05) is 12.1 Å². The highest BCUT2D eigenvalue weighted by molar-refractivity contribution is 7.99. The summed E-state index contributed by atoms with van der Waals surface area (Å²) in [6, 6.07) is 8.24. The maximum absolute atomic E-state index is 5.89. The summed E-state index contributed by atoms with van der Waals surface area (Å²) in [7, 11) is 0. The van der Waals surface area contributed by atoms with Crippen LogP contribution in [-0.4, -0.2) is 23.5 Å². The molecule has 3 nitrogen and oxygen atoms in total. The molecular weight excluding hydrogens is 242 g/mol. The van der Waals surface area contributed by atoms with E-state index in [1.165, 1.54) is 5.56 Å². The van der Waals surface area contributed by atoms with E-state index in [0.717, 1.165) is 12.1 Å². The monoisotopic (exact) mass is 265 g/mol. The van der Waals surface area contributed by atoms with E-state index in [2.05, 4.69) is 49.5 Å². The van der Waals surface area contributed by atoms with E-state index in [-0.39, 0.29) is 4.75 Å². The van der Waals surface area contributed by atoms with Crippen LogP contribution in [0.25, 0.3) is 0 Å². The van der Waals surface area contributed by atoms with Gasteiger partial charge in [-0.05, 0) is 44.2 Å². The fourth-order valence-corrected chi connectivity index (χ4v) is 1.59. The highest BCUT2D eigenvalue weighted by Gasteiger charge is 2.14. The molecule has 0 radical (unpaired) electrons. The zero-order chi connectivity index (χ0) is 13.6. The van der Waals surface area contributed by atoms with Crippen molar-refractivity contribution in [3.05, 3.63) is 29.8 Å². The first-order valence-electron chi connectivity index (χ1n) is 6.18. The van der Waals surface area contributed by atoms with Gasteiger partial charge in [0.2, 0.25) is 0 Å². The summed E-state index contributed by atoms with van der Waals surface area (Å²) in [4.78, 5) is 4.38. The van der Waals surface area contributed by atoms with Gasteiger partial charge in [-0.25, -0.2) is 0 Å². The van der Waals surface area contributed by atoms with Crippen molar-refractivity contribution < 1.29 is 0 Å². The van der Waals surface area contributed by atoms with E-state index in [9.17, 15) is 0 Å². The number of nitrogens with one attached hydrogen (secondary N) is 1. The summed E-state index contributed by atoms with van der Waals surface area (Å²) in [5.74, 6) is 0.477. The molecule has 0 fully saturated rings. The number of rotatable bonds is 5. The van der Waals surface area contributed by atoms with Crippen molar-refractivity contribution in [1.29, 1.82) is 0 Å². The molecule has 0 saturated carbocycles. The number of thioether (sulfide) groups is 1. The molecule has 0 amide bonds. The van der Waals surface area contributed by atoms with Crippen molar-refractivity contribution in [2.75, 3.05) is 18.1 Å². The number of nitrogens with two attached hydrogens (primary N) is 1. The van der Waals surface area contributed by atoms with Gasteiger partial charge in [0.05, 0.1) is 6.54 Å². The first-order chi connectivity index (χ1) is 8.46. The third-order valence-corrected chi connectivity index (χ3v) is 4.02. The van der Waals surface area contributed by atoms with Crippen LogP contribution in [0, 0.1) is 0 Å². The van der Waals surface area contributed by atoms with E-state index in [4.69, 9.17) is 5.73 Å². The van der Waals surface area contributed by atoms with Crippen LogP contribution in [0.4, 0.5) is 5.69 Å². The Balaban J connectivity index is 2.63. The van der Waals surface area contributed by atoms with Gasteiger partial charge in [0, 0.05) is 10.4 Å². The third kappa shape index (κ3) is 5.00. The molecule has 1 rings (SSSR count). The number of hydrogen-bond acceptors (Lipinski definition) is 2. The Kier molecular flexibility index (Phi) is 5.54. The minimum atomic E-state index is 0.123. The van der Waals surface area contributed by atoms with Gasteiger partial charge in [0.15, 0.2) is 5.96 Å². The number of guanidine groups is 1. The van der Waals surface area contributed by atoms with Crippen LogP contribution < -0.4 is 11.1 Å². The summed E-state index contributed by atoms with van der Waals surface area (Å²) in [6.45, 7) is 7.16. The summed E-state index contributed by atoms with van der Waals surface area (Å²) >= 11 is 1.79. The number of benzene rings is 1. The molecule has 0 spiro atoms. The second-order valence-corrected chi connectivity index (χ2v) is 6.36. The second kappa shape index (κ2) is 6.69. The van der Waals surface area contributed by atoms with Gasteiger partial charge in [-0.3, -0.25) is 4.99 Å². The Bertz CT molecular complexity index is 413. The van der Waals surface area contributed by atoms with E-state index in [0.29, 0.717) is 12.5 Å². The van der Waals surface area contributed by atoms with Crippen LogP contribution in [0.15, 0.2) is 29.3 Å². The van der Waals surface area contributed by atoms with Gasteiger partial charge in [-0.1, -0.05) is 19.1 Å². The molecule has 0 aliphatic rings. The van der Waals surface area contributed by atoms with Crippen molar-refractivity contribution in [1.82, 2.24) is 0 Å². The lowest BCUT2D eigenvalue weighted by molar-refractivity contribution is 0.726. The van der Waals surface area contributed by atoms with Crippen LogP contribution >= 0.6 is 11.8 Å². The average molecular weight is 265 g/mol. The maximum Gasteiger partial charge on any atom is 0.193 e. The van der Waals surface area contributed by atoms with Crippen molar-refractivity contribution in [2.24, 2.45) is 10.7 Å². The Morgan fingerprint density at radius 1 is 1.44 bits per heavy atom. The van der Waals surface area contributed by atoms with Crippen LogP contribution in [0.5, 0.6) is 0 Å². The molecule has 0 aliphatic heterocycles. The maximum atomic E-state index is 5.89. The highest BCUT2D eigenvalue weighted by Crippen LogP contribution is 2.21. The summed E-state index contributed by atoms with van der Waals surface area (Å²) in [5.41, 5.74) is 8.18. The van der Waals surface area contributed by atoms with Crippen LogP contribution in [0.1, 0.15) is 26.3 Å². The number of aliphatic imine (C=N–C) groups is 1. The first-order valence-corrected chi connectivity index (χ1v) is 7.40. The standard InChI is InChI=1S/C14H23N3S/c1-5-11-7-6-8-12(9-11)17-13(15)16-10-14(2,3)18-4/h6-9H,5,10H2,1-4H3,(H3,15,16,17). The smallest absolute Gasteiger partial charge is 0.193 e. The Labute approximate surface area is 114 Å². The zero-order valence-corrected chi connectivity index (χ0v) is 12.5. The van der Waals surface area contributed by atoms with Gasteiger partial charge in [-0.2, -0.15) is 11.8 Å². The summed E-state index contributed by atoms with van der Waals surface area (Å²) in [6.07, 6.45) is 3.11. The molecule has 1 aromatic carbocycles. The number of anilines is 1. The molecule has 0 aliphatic carbocycles. The largest absolute Gasteiger partial charge is 0.370 e. The van der Waals surface area contributed by atoms with Crippen LogP contribution in [0.2, 0.25) is 0 Å². The quantitative estimate of drug-likeness (QED) is 0.635. The van der Waals surface area contributed by atoms with E-state index >= 15 is 0 Å². The normalized spacial score (nSPS) is 12.6. The minimum absolute atomic E-state index is 0.123. The lowest BCUT2D eigenvalue weighted by Crippen LogP contribution is -2.27. The molecule has 100 valence electrons. The van der Waals surface area contributed by atoms with Crippen molar-refractivity contribution in [2.45, 2.75) is 31.9 Å². The van der Waals surface area contributed by atoms with Crippen molar-refractivity contribution >= 4 is 23.4 Å². The van der Waals surface area contributed by atoms with Crippen LogP contribution in [0.3, 0.4) is 0 Å². The highest BCUT2D eigenvalue weighted by atomic mass is 32.2. The Hall–Kier alpha value is -1.16. The second-order valence-electron chi connectivity index (χ2n) is 4.84. The predicted octanol–water partition coefficient (Wildman–Crippen LogP) is 3.12. The third-order valence-electron chi connectivity index (χ3n) is 2.79. The van der Waals surface area contributed by atoms with Gasteiger partial charge >= 0.3 is 0 Å². The van der Waals surface area contributed by atoms with E-state index in [1.54, 1.807) is 11.8 Å². The lowest BCUT2D eigenvalue weighted by atomic mass is 10.1. The first kappa shape index (κ1) is 14.9. The van der Waals surface area contributed by atoms with Gasteiger partial charge < -0.3 is 11.1 Å². The molecule has 4 heteroatoms. The topological polar surface area (TPSA) is 50.4 Å². The van der Waals surface area contributed by atoms with Crippen molar-refractivity contribution in [3.63, 3.8) is 0 Å². The molecule has 18 heavy (non-hydrogen) atoms. The fourth-order valence-electron chi connectivity index (χ4n) is 1.40. The molecule has 0 heterocycles. The lowest BCUT2D eigenvalue weighted by Gasteiger charge is -2.19. The van der Waals surface area contributed by atoms with E-state index < -0.39 is 0 Å². The average Bonchev–Trinajstić information content (AvgIpc) is 2.37. The fraction of sp³-hybridized carbons (Fsp3) is 0.500. The molecule has 0 aromatic heterocycles.